The van der Waals surface area contributed by atoms with Crippen molar-refractivity contribution in [2.75, 3.05) is 13.1 Å². The molecule has 0 aromatic heterocycles. The summed E-state index contributed by atoms with van der Waals surface area (Å²) in [7, 11) is 0. The van der Waals surface area contributed by atoms with Gasteiger partial charge in [-0.3, -0.25) is 4.79 Å². The maximum atomic E-state index is 11.6. The largest absolute Gasteiger partial charge is 0.355 e. The molecule has 1 amide bonds. The molecule has 1 aliphatic carbocycles. The number of hydrogen-bond acceptors (Lipinski definition) is 2. The lowest BCUT2D eigenvalue weighted by Gasteiger charge is -2.17. The lowest BCUT2D eigenvalue weighted by atomic mass is 9.96. The summed E-state index contributed by atoms with van der Waals surface area (Å²) in [5.41, 5.74) is 6.88. The molecule has 0 saturated heterocycles. The minimum atomic E-state index is 0.113. The molecule has 1 saturated carbocycles. The van der Waals surface area contributed by atoms with Crippen molar-refractivity contribution in [2.24, 2.45) is 5.73 Å². The Kier molecular flexibility index (Phi) is 4.40. The van der Waals surface area contributed by atoms with Crippen LogP contribution in [-0.2, 0) is 10.2 Å². The predicted octanol–water partition coefficient (Wildman–Crippen LogP) is 2.34. The molecule has 0 bridgehead atoms. The molecule has 3 nitrogen and oxygen atoms in total. The Hall–Kier alpha value is -0.870. The van der Waals surface area contributed by atoms with Gasteiger partial charge in [-0.1, -0.05) is 28.1 Å². The third kappa shape index (κ3) is 3.33. The van der Waals surface area contributed by atoms with E-state index in [4.69, 9.17) is 5.73 Å². The molecule has 0 heterocycles. The average molecular weight is 311 g/mol. The van der Waals surface area contributed by atoms with E-state index in [0.717, 1.165) is 30.3 Å². The summed E-state index contributed by atoms with van der Waals surface area (Å²) >= 11 is 3.50. The molecule has 2 rings (SSSR count). The summed E-state index contributed by atoms with van der Waals surface area (Å²) in [4.78, 5) is 11.6. The van der Waals surface area contributed by atoms with Crippen molar-refractivity contribution in [3.63, 3.8) is 0 Å². The zero-order chi connectivity index (χ0) is 13.0. The molecule has 0 atom stereocenters. The smallest absolute Gasteiger partial charge is 0.220 e. The van der Waals surface area contributed by atoms with Crippen molar-refractivity contribution in [3.8, 4) is 0 Å². The van der Waals surface area contributed by atoms with Crippen LogP contribution < -0.4 is 11.1 Å². The molecule has 98 valence electrons. The highest BCUT2D eigenvalue weighted by Gasteiger charge is 2.44. The van der Waals surface area contributed by atoms with Crippen LogP contribution in [-0.4, -0.2) is 19.0 Å². The Labute approximate surface area is 116 Å². The lowest BCUT2D eigenvalue weighted by molar-refractivity contribution is -0.121. The van der Waals surface area contributed by atoms with Crippen molar-refractivity contribution in [1.29, 1.82) is 0 Å². The summed E-state index contributed by atoms with van der Waals surface area (Å²) in [6, 6.07) is 8.37. The number of rotatable bonds is 6. The van der Waals surface area contributed by atoms with E-state index in [0.29, 0.717) is 13.0 Å². The Morgan fingerprint density at radius 3 is 2.83 bits per heavy atom. The lowest BCUT2D eigenvalue weighted by Crippen LogP contribution is -2.32. The van der Waals surface area contributed by atoms with Gasteiger partial charge >= 0.3 is 0 Å². The normalized spacial score (nSPS) is 16.3. The van der Waals surface area contributed by atoms with Gasteiger partial charge in [0.2, 0.25) is 5.91 Å². The number of carbonyl (C=O) groups excluding carboxylic acids is 1. The highest BCUT2D eigenvalue weighted by molar-refractivity contribution is 9.10. The number of halogens is 1. The van der Waals surface area contributed by atoms with Gasteiger partial charge in [0.1, 0.15) is 0 Å². The van der Waals surface area contributed by atoms with Gasteiger partial charge in [-0.05, 0) is 43.5 Å². The molecule has 3 N–H and O–H groups in total. The van der Waals surface area contributed by atoms with E-state index in [-0.39, 0.29) is 11.3 Å². The number of benzene rings is 1. The third-order valence-electron chi connectivity index (χ3n) is 3.52. The predicted molar refractivity (Wildman–Crippen MR) is 76.4 cm³/mol. The number of nitrogens with one attached hydrogen (secondary N) is 1. The molecule has 1 aromatic carbocycles. The maximum Gasteiger partial charge on any atom is 0.220 e. The van der Waals surface area contributed by atoms with E-state index >= 15 is 0 Å². The number of carbonyl (C=O) groups is 1. The van der Waals surface area contributed by atoms with Crippen molar-refractivity contribution in [2.45, 2.75) is 31.1 Å². The first kappa shape index (κ1) is 13.6. The zero-order valence-corrected chi connectivity index (χ0v) is 12.0. The van der Waals surface area contributed by atoms with Crippen LogP contribution in [0.4, 0.5) is 0 Å². The Balaban J connectivity index is 1.91. The van der Waals surface area contributed by atoms with Crippen molar-refractivity contribution in [1.82, 2.24) is 5.32 Å². The summed E-state index contributed by atoms with van der Waals surface area (Å²) < 4.78 is 1.10. The van der Waals surface area contributed by atoms with E-state index < -0.39 is 0 Å². The van der Waals surface area contributed by atoms with Gasteiger partial charge in [-0.15, -0.1) is 0 Å². The van der Waals surface area contributed by atoms with Gasteiger partial charge < -0.3 is 11.1 Å². The molecule has 4 heteroatoms. The SMILES string of the molecule is NCCCC(=O)NCC1(c2cccc(Br)c2)CC1. The molecule has 18 heavy (non-hydrogen) atoms. The van der Waals surface area contributed by atoms with E-state index in [9.17, 15) is 4.79 Å². The van der Waals surface area contributed by atoms with Gasteiger partial charge in [-0.2, -0.15) is 0 Å². The van der Waals surface area contributed by atoms with Crippen molar-refractivity contribution >= 4 is 21.8 Å². The zero-order valence-electron chi connectivity index (χ0n) is 10.4. The second kappa shape index (κ2) is 5.85. The van der Waals surface area contributed by atoms with Crippen molar-refractivity contribution < 1.29 is 4.79 Å². The number of hydrogen-bond donors (Lipinski definition) is 2. The molecule has 1 fully saturated rings. The van der Waals surface area contributed by atoms with Gasteiger partial charge in [0.15, 0.2) is 0 Å². The molecule has 0 aliphatic heterocycles. The first-order valence-electron chi connectivity index (χ1n) is 6.39. The fourth-order valence-corrected chi connectivity index (χ4v) is 2.55. The summed E-state index contributed by atoms with van der Waals surface area (Å²) in [6.45, 7) is 1.32. The number of amides is 1. The molecule has 0 unspecified atom stereocenters. The molecule has 0 spiro atoms. The highest BCUT2D eigenvalue weighted by Crippen LogP contribution is 2.48. The van der Waals surface area contributed by atoms with Crippen LogP contribution in [0.1, 0.15) is 31.2 Å². The molecule has 1 aliphatic rings. The molecule has 0 radical (unpaired) electrons. The minimum Gasteiger partial charge on any atom is -0.355 e. The summed E-state index contributed by atoms with van der Waals surface area (Å²) in [5.74, 6) is 0.113. The Morgan fingerprint density at radius 2 is 2.22 bits per heavy atom. The van der Waals surface area contributed by atoms with Crippen LogP contribution in [0.2, 0.25) is 0 Å². The van der Waals surface area contributed by atoms with Crippen molar-refractivity contribution in [3.05, 3.63) is 34.3 Å². The van der Waals surface area contributed by atoms with Crippen LogP contribution >= 0.6 is 15.9 Å². The fourth-order valence-electron chi connectivity index (χ4n) is 2.16. The van der Waals surface area contributed by atoms with Gasteiger partial charge in [0, 0.05) is 22.9 Å². The van der Waals surface area contributed by atoms with Crippen LogP contribution in [0.5, 0.6) is 0 Å². The fraction of sp³-hybridized carbons (Fsp3) is 0.500. The highest BCUT2D eigenvalue weighted by atomic mass is 79.9. The summed E-state index contributed by atoms with van der Waals surface area (Å²) in [6.07, 6.45) is 3.60. The van der Waals surface area contributed by atoms with Gasteiger partial charge in [-0.25, -0.2) is 0 Å². The van der Waals surface area contributed by atoms with Gasteiger partial charge in [0.05, 0.1) is 0 Å². The second-order valence-electron chi connectivity index (χ2n) is 4.96. The van der Waals surface area contributed by atoms with Crippen LogP contribution in [0, 0.1) is 0 Å². The van der Waals surface area contributed by atoms with E-state index in [2.05, 4.69) is 39.4 Å². The Morgan fingerprint density at radius 1 is 1.44 bits per heavy atom. The molecule has 1 aromatic rings. The summed E-state index contributed by atoms with van der Waals surface area (Å²) in [5, 5.41) is 3.03. The maximum absolute atomic E-state index is 11.6. The van der Waals surface area contributed by atoms with Crippen LogP contribution in [0.15, 0.2) is 28.7 Å². The standard InChI is InChI=1S/C14H19BrN2O/c15-12-4-1-3-11(9-12)14(6-7-14)10-17-13(18)5-2-8-16/h1,3-4,9H,2,5-8,10,16H2,(H,17,18). The number of nitrogens with two attached hydrogens (primary N) is 1. The molecular weight excluding hydrogens is 292 g/mol. The average Bonchev–Trinajstić information content (AvgIpc) is 3.15. The van der Waals surface area contributed by atoms with Crippen LogP contribution in [0.3, 0.4) is 0 Å². The quantitative estimate of drug-likeness (QED) is 0.847. The second-order valence-corrected chi connectivity index (χ2v) is 5.88. The van der Waals surface area contributed by atoms with Crippen LogP contribution in [0.25, 0.3) is 0 Å². The first-order chi connectivity index (χ1) is 8.66. The topological polar surface area (TPSA) is 55.1 Å². The van der Waals surface area contributed by atoms with E-state index in [1.807, 2.05) is 6.07 Å². The third-order valence-corrected chi connectivity index (χ3v) is 4.02. The van der Waals surface area contributed by atoms with E-state index in [1.54, 1.807) is 0 Å². The first-order valence-corrected chi connectivity index (χ1v) is 7.18. The molecular formula is C14H19BrN2O. The monoisotopic (exact) mass is 310 g/mol. The Bertz CT molecular complexity index is 430. The minimum absolute atomic E-state index is 0.113. The van der Waals surface area contributed by atoms with Gasteiger partial charge in [0.25, 0.3) is 0 Å². The van der Waals surface area contributed by atoms with E-state index in [1.165, 1.54) is 5.56 Å².